The summed E-state index contributed by atoms with van der Waals surface area (Å²) in [7, 11) is 1.31. The number of hydrogen-bond donors (Lipinski definition) is 1. The zero-order valence-electron chi connectivity index (χ0n) is 13.4. The first kappa shape index (κ1) is 16.8. The molecule has 1 unspecified atom stereocenters. The van der Waals surface area contributed by atoms with Crippen LogP contribution in [-0.2, 0) is 9.53 Å². The molecule has 0 aromatic heterocycles. The summed E-state index contributed by atoms with van der Waals surface area (Å²) in [5.41, 5.74) is 0.419. The van der Waals surface area contributed by atoms with Crippen molar-refractivity contribution in [2.75, 3.05) is 20.2 Å². The molecule has 1 atom stereocenters. The zero-order valence-corrected chi connectivity index (χ0v) is 13.4. The van der Waals surface area contributed by atoms with Crippen LogP contribution in [0.15, 0.2) is 0 Å². The van der Waals surface area contributed by atoms with Gasteiger partial charge >= 0.3 is 6.09 Å². The smallest absolute Gasteiger partial charge is 0.407 e. The van der Waals surface area contributed by atoms with Crippen molar-refractivity contribution >= 4 is 12.0 Å². The van der Waals surface area contributed by atoms with Gasteiger partial charge in [-0.2, -0.15) is 0 Å². The molecule has 5 heteroatoms. The van der Waals surface area contributed by atoms with E-state index in [0.717, 1.165) is 19.5 Å². The van der Waals surface area contributed by atoms with Gasteiger partial charge in [-0.3, -0.25) is 4.79 Å². The lowest BCUT2D eigenvalue weighted by Crippen LogP contribution is -2.50. The number of hydrogen-bond acceptors (Lipinski definition) is 3. The van der Waals surface area contributed by atoms with Gasteiger partial charge in [0.1, 0.15) is 6.04 Å². The maximum atomic E-state index is 12.4. The number of ether oxygens (including phenoxy) is 1. The van der Waals surface area contributed by atoms with E-state index in [9.17, 15) is 9.59 Å². The fourth-order valence-electron chi connectivity index (χ4n) is 2.60. The Morgan fingerprint density at radius 3 is 2.20 bits per heavy atom. The maximum Gasteiger partial charge on any atom is 0.407 e. The lowest BCUT2D eigenvalue weighted by molar-refractivity contribution is -0.133. The molecule has 1 N–H and O–H groups in total. The minimum Gasteiger partial charge on any atom is -0.453 e. The standard InChI is InChI=1S/C13H22N2O3.C2H6/c1-9(2)10(14-12(17)18-3)11(16)15-7-6-13(8-15)4-5-13;1-2/h9-10H,4-8H2,1-3H3,(H,14,17);1-2H3. The number of likely N-dealkylation sites (tertiary alicyclic amines) is 1. The third kappa shape index (κ3) is 3.87. The number of methoxy groups -OCH3 is 1. The number of carbonyl (C=O) groups excluding carboxylic acids is 2. The second-order valence-corrected chi connectivity index (χ2v) is 5.87. The predicted octanol–water partition coefficient (Wildman–Crippen LogP) is 2.41. The van der Waals surface area contributed by atoms with Crippen LogP contribution in [0.4, 0.5) is 4.79 Å². The fourth-order valence-corrected chi connectivity index (χ4v) is 2.60. The molecule has 5 nitrogen and oxygen atoms in total. The summed E-state index contributed by atoms with van der Waals surface area (Å²) in [5, 5.41) is 2.64. The van der Waals surface area contributed by atoms with Gasteiger partial charge in [0.05, 0.1) is 7.11 Å². The Balaban J connectivity index is 0.000000956. The molecule has 1 saturated carbocycles. The molecule has 2 aliphatic rings. The molecule has 2 fully saturated rings. The highest BCUT2D eigenvalue weighted by Gasteiger charge is 2.49. The van der Waals surface area contributed by atoms with Crippen LogP contribution in [0.1, 0.15) is 47.0 Å². The topological polar surface area (TPSA) is 58.6 Å². The van der Waals surface area contributed by atoms with Gasteiger partial charge in [-0.25, -0.2) is 4.79 Å². The molecule has 0 bridgehead atoms. The molecule has 0 aromatic rings. The minimum absolute atomic E-state index is 0.0270. The number of nitrogens with zero attached hydrogens (tertiary/aromatic N) is 1. The Labute approximate surface area is 122 Å². The van der Waals surface area contributed by atoms with E-state index < -0.39 is 12.1 Å². The highest BCUT2D eigenvalue weighted by Crippen LogP contribution is 2.52. The third-order valence-electron chi connectivity index (χ3n) is 4.10. The Kier molecular flexibility index (Phi) is 5.84. The molecule has 1 aliphatic heterocycles. The largest absolute Gasteiger partial charge is 0.453 e. The third-order valence-corrected chi connectivity index (χ3v) is 4.10. The van der Waals surface area contributed by atoms with Crippen molar-refractivity contribution < 1.29 is 14.3 Å². The summed E-state index contributed by atoms with van der Waals surface area (Å²) in [5.74, 6) is 0.0894. The normalized spacial score (nSPS) is 20.2. The van der Waals surface area contributed by atoms with Crippen LogP contribution in [0.3, 0.4) is 0 Å². The first-order chi connectivity index (χ1) is 9.47. The van der Waals surface area contributed by atoms with Crippen molar-refractivity contribution in [2.45, 2.75) is 53.0 Å². The van der Waals surface area contributed by atoms with Crippen molar-refractivity contribution in [2.24, 2.45) is 11.3 Å². The van der Waals surface area contributed by atoms with Crippen molar-refractivity contribution in [1.82, 2.24) is 10.2 Å². The summed E-state index contributed by atoms with van der Waals surface area (Å²) in [6.45, 7) is 9.55. The van der Waals surface area contributed by atoms with Gasteiger partial charge in [0.15, 0.2) is 0 Å². The highest BCUT2D eigenvalue weighted by atomic mass is 16.5. The summed E-state index contributed by atoms with van der Waals surface area (Å²) in [4.78, 5) is 25.6. The first-order valence-corrected chi connectivity index (χ1v) is 7.61. The molecular formula is C15H28N2O3. The van der Waals surface area contributed by atoms with Crippen molar-refractivity contribution in [3.05, 3.63) is 0 Å². The second kappa shape index (κ2) is 6.95. The molecule has 2 rings (SSSR count). The van der Waals surface area contributed by atoms with Crippen molar-refractivity contribution in [3.63, 3.8) is 0 Å². The molecule has 20 heavy (non-hydrogen) atoms. The zero-order chi connectivity index (χ0) is 15.3. The summed E-state index contributed by atoms with van der Waals surface area (Å²) in [6, 6.07) is -0.480. The Hall–Kier alpha value is -1.26. The van der Waals surface area contributed by atoms with Crippen LogP contribution >= 0.6 is 0 Å². The van der Waals surface area contributed by atoms with E-state index in [0.29, 0.717) is 5.41 Å². The maximum absolute atomic E-state index is 12.4. The first-order valence-electron chi connectivity index (χ1n) is 7.61. The van der Waals surface area contributed by atoms with Crippen LogP contribution in [0, 0.1) is 11.3 Å². The van der Waals surface area contributed by atoms with Gasteiger partial charge in [0.2, 0.25) is 5.91 Å². The van der Waals surface area contributed by atoms with Crippen molar-refractivity contribution in [3.8, 4) is 0 Å². The lowest BCUT2D eigenvalue weighted by atomic mass is 10.0. The highest BCUT2D eigenvalue weighted by molar-refractivity contribution is 5.86. The Morgan fingerprint density at radius 1 is 1.20 bits per heavy atom. The average Bonchev–Trinajstić information content (AvgIpc) is 3.06. The van der Waals surface area contributed by atoms with Crippen LogP contribution in [0.2, 0.25) is 0 Å². The monoisotopic (exact) mass is 284 g/mol. The van der Waals surface area contributed by atoms with Crippen LogP contribution in [-0.4, -0.2) is 43.1 Å². The number of alkyl carbamates (subject to hydrolysis) is 1. The van der Waals surface area contributed by atoms with Crippen LogP contribution < -0.4 is 5.32 Å². The van der Waals surface area contributed by atoms with E-state index in [1.54, 1.807) is 0 Å². The quantitative estimate of drug-likeness (QED) is 0.865. The molecule has 1 spiro atoms. The fraction of sp³-hybridized carbons (Fsp3) is 0.867. The SMILES string of the molecule is CC.COC(=O)NC(C(=O)N1CCC2(CC2)C1)C(C)C. The molecule has 116 valence electrons. The molecule has 0 radical (unpaired) electrons. The van der Waals surface area contributed by atoms with E-state index in [4.69, 9.17) is 0 Å². The van der Waals surface area contributed by atoms with E-state index in [2.05, 4.69) is 10.1 Å². The number of carbonyl (C=O) groups is 2. The molecule has 1 saturated heterocycles. The van der Waals surface area contributed by atoms with E-state index in [1.165, 1.54) is 20.0 Å². The van der Waals surface area contributed by atoms with Crippen LogP contribution in [0.5, 0.6) is 0 Å². The minimum atomic E-state index is -0.539. The van der Waals surface area contributed by atoms with E-state index in [1.807, 2.05) is 32.6 Å². The van der Waals surface area contributed by atoms with E-state index in [-0.39, 0.29) is 11.8 Å². The predicted molar refractivity (Wildman–Crippen MR) is 78.4 cm³/mol. The second-order valence-electron chi connectivity index (χ2n) is 5.87. The molecule has 1 aliphatic carbocycles. The van der Waals surface area contributed by atoms with Crippen LogP contribution in [0.25, 0.3) is 0 Å². The van der Waals surface area contributed by atoms with Gasteiger partial charge in [-0.15, -0.1) is 0 Å². The molecule has 0 aromatic carbocycles. The molecular weight excluding hydrogens is 256 g/mol. The van der Waals surface area contributed by atoms with Gasteiger partial charge < -0.3 is 15.0 Å². The molecule has 1 heterocycles. The average molecular weight is 284 g/mol. The van der Waals surface area contributed by atoms with Gasteiger partial charge in [-0.05, 0) is 30.6 Å². The Bertz CT molecular complexity index is 351. The summed E-state index contributed by atoms with van der Waals surface area (Å²) in [6.07, 6.45) is 3.06. The Morgan fingerprint density at radius 2 is 1.80 bits per heavy atom. The summed E-state index contributed by atoms with van der Waals surface area (Å²) < 4.78 is 4.58. The molecule has 2 amide bonds. The van der Waals surface area contributed by atoms with Gasteiger partial charge in [0.25, 0.3) is 0 Å². The van der Waals surface area contributed by atoms with Gasteiger partial charge in [-0.1, -0.05) is 27.7 Å². The summed E-state index contributed by atoms with van der Waals surface area (Å²) >= 11 is 0. The number of amides is 2. The number of nitrogens with one attached hydrogen (secondary N) is 1. The number of rotatable bonds is 3. The lowest BCUT2D eigenvalue weighted by Gasteiger charge is -2.26. The van der Waals surface area contributed by atoms with Crippen molar-refractivity contribution in [1.29, 1.82) is 0 Å². The van der Waals surface area contributed by atoms with E-state index >= 15 is 0 Å². The van der Waals surface area contributed by atoms with Gasteiger partial charge in [0, 0.05) is 13.1 Å².